The lowest BCUT2D eigenvalue weighted by atomic mass is 10.1. The van der Waals surface area contributed by atoms with Crippen LogP contribution in [0.2, 0.25) is 0 Å². The summed E-state index contributed by atoms with van der Waals surface area (Å²) >= 11 is 0. The lowest BCUT2D eigenvalue weighted by molar-refractivity contribution is -0.169. The van der Waals surface area contributed by atoms with Gasteiger partial charge in [-0.15, -0.1) is 5.10 Å². The maximum Gasteiger partial charge on any atom is 0.411 e. The molecule has 5 rings (SSSR count). The van der Waals surface area contributed by atoms with Gasteiger partial charge in [0, 0.05) is 23.5 Å². The predicted molar refractivity (Wildman–Crippen MR) is 121 cm³/mol. The van der Waals surface area contributed by atoms with Gasteiger partial charge in [-0.05, 0) is 23.3 Å². The number of nitriles is 1. The SMILES string of the molecule is N#CCC(n1cc(-c2cc(-c3cnn(Cc4ccccc4)c3)cc3nc(N)nn23)cn1)C(F)(F)F. The molecule has 1 unspecified atom stereocenters. The van der Waals surface area contributed by atoms with Gasteiger partial charge in [0.25, 0.3) is 0 Å². The first-order valence-corrected chi connectivity index (χ1v) is 10.5. The predicted octanol–water partition coefficient (Wildman–Crippen LogP) is 4.10. The first-order valence-electron chi connectivity index (χ1n) is 10.5. The molecule has 0 radical (unpaired) electrons. The fourth-order valence-corrected chi connectivity index (χ4v) is 3.83. The monoisotopic (exact) mass is 477 g/mol. The second-order valence-electron chi connectivity index (χ2n) is 7.91. The Morgan fingerprint density at radius 2 is 1.77 bits per heavy atom. The number of alkyl halides is 3. The average Bonchev–Trinajstić information content (AvgIpc) is 3.56. The van der Waals surface area contributed by atoms with Crippen molar-refractivity contribution in [2.24, 2.45) is 0 Å². The van der Waals surface area contributed by atoms with E-state index in [0.717, 1.165) is 21.4 Å². The van der Waals surface area contributed by atoms with Crippen molar-refractivity contribution in [2.75, 3.05) is 5.73 Å². The molecule has 176 valence electrons. The topological polar surface area (TPSA) is 116 Å². The third-order valence-electron chi connectivity index (χ3n) is 5.49. The van der Waals surface area contributed by atoms with Crippen molar-refractivity contribution in [1.29, 1.82) is 5.26 Å². The highest BCUT2D eigenvalue weighted by Gasteiger charge is 2.41. The van der Waals surface area contributed by atoms with Gasteiger partial charge in [-0.1, -0.05) is 30.3 Å². The average molecular weight is 477 g/mol. The van der Waals surface area contributed by atoms with Crippen LogP contribution < -0.4 is 5.73 Å². The summed E-state index contributed by atoms with van der Waals surface area (Å²) in [5, 5.41) is 21.3. The number of nitrogen functional groups attached to an aromatic ring is 1. The lowest BCUT2D eigenvalue weighted by Gasteiger charge is -2.17. The van der Waals surface area contributed by atoms with E-state index in [1.54, 1.807) is 29.1 Å². The maximum absolute atomic E-state index is 13.4. The van der Waals surface area contributed by atoms with Crippen LogP contribution in [0.4, 0.5) is 19.1 Å². The smallest absolute Gasteiger partial charge is 0.366 e. The second kappa shape index (κ2) is 8.60. The number of anilines is 1. The molecule has 0 spiro atoms. The van der Waals surface area contributed by atoms with Gasteiger partial charge in [-0.2, -0.15) is 33.6 Å². The van der Waals surface area contributed by atoms with Crippen LogP contribution in [0.25, 0.3) is 28.0 Å². The Morgan fingerprint density at radius 3 is 2.51 bits per heavy atom. The molecule has 0 fully saturated rings. The Kier molecular flexibility index (Phi) is 5.44. The van der Waals surface area contributed by atoms with Crippen LogP contribution in [0.1, 0.15) is 18.0 Å². The third-order valence-corrected chi connectivity index (χ3v) is 5.49. The molecule has 9 nitrogen and oxygen atoms in total. The Hall–Kier alpha value is -4.66. The molecule has 0 amide bonds. The molecule has 2 N–H and O–H groups in total. The number of rotatable bonds is 6. The maximum atomic E-state index is 13.4. The molecule has 0 aliphatic rings. The van der Waals surface area contributed by atoms with Crippen LogP contribution >= 0.6 is 0 Å². The summed E-state index contributed by atoms with van der Waals surface area (Å²) in [4.78, 5) is 4.22. The van der Waals surface area contributed by atoms with E-state index in [0.29, 0.717) is 23.4 Å². The van der Waals surface area contributed by atoms with Crippen LogP contribution in [0.5, 0.6) is 0 Å². The Bertz CT molecular complexity index is 1520. The van der Waals surface area contributed by atoms with E-state index < -0.39 is 18.6 Å². The lowest BCUT2D eigenvalue weighted by Crippen LogP contribution is -2.26. The zero-order valence-corrected chi connectivity index (χ0v) is 18.1. The van der Waals surface area contributed by atoms with Crippen molar-refractivity contribution in [3.8, 4) is 28.5 Å². The first-order chi connectivity index (χ1) is 16.8. The quantitative estimate of drug-likeness (QED) is 0.394. The molecule has 0 bridgehead atoms. The summed E-state index contributed by atoms with van der Waals surface area (Å²) in [6.07, 6.45) is 0.737. The summed E-state index contributed by atoms with van der Waals surface area (Å²) in [5.41, 5.74) is 9.64. The van der Waals surface area contributed by atoms with E-state index in [2.05, 4.69) is 20.3 Å². The van der Waals surface area contributed by atoms with Crippen LogP contribution in [-0.4, -0.2) is 40.3 Å². The van der Waals surface area contributed by atoms with Gasteiger partial charge in [-0.25, -0.2) is 4.52 Å². The van der Waals surface area contributed by atoms with Crippen molar-refractivity contribution < 1.29 is 13.2 Å². The Morgan fingerprint density at radius 1 is 1.00 bits per heavy atom. The van der Waals surface area contributed by atoms with Gasteiger partial charge in [-0.3, -0.25) is 9.36 Å². The molecule has 35 heavy (non-hydrogen) atoms. The number of nitrogens with zero attached hydrogens (tertiary/aromatic N) is 8. The van der Waals surface area contributed by atoms with Gasteiger partial charge < -0.3 is 5.73 Å². The van der Waals surface area contributed by atoms with Crippen LogP contribution in [-0.2, 0) is 6.54 Å². The van der Waals surface area contributed by atoms with E-state index in [1.165, 1.54) is 16.9 Å². The minimum absolute atomic E-state index is 0.0215. The molecule has 4 aromatic heterocycles. The number of halogens is 3. The normalized spacial score (nSPS) is 12.6. The summed E-state index contributed by atoms with van der Waals surface area (Å²) in [5.74, 6) is 0.0215. The summed E-state index contributed by atoms with van der Waals surface area (Å²) < 4.78 is 44.3. The van der Waals surface area contributed by atoms with E-state index in [9.17, 15) is 13.2 Å². The van der Waals surface area contributed by atoms with E-state index in [-0.39, 0.29) is 5.95 Å². The van der Waals surface area contributed by atoms with E-state index in [4.69, 9.17) is 11.0 Å². The number of fused-ring (bicyclic) bond motifs is 1. The fraction of sp³-hybridized carbons (Fsp3) is 0.174. The van der Waals surface area contributed by atoms with Gasteiger partial charge in [0.15, 0.2) is 11.7 Å². The Balaban J connectivity index is 1.55. The molecule has 1 atom stereocenters. The molecule has 1 aromatic carbocycles. The van der Waals surface area contributed by atoms with E-state index >= 15 is 0 Å². The van der Waals surface area contributed by atoms with Crippen LogP contribution in [0.3, 0.4) is 0 Å². The number of nitrogens with two attached hydrogens (primary N) is 1. The molecule has 0 saturated heterocycles. The molecule has 0 aliphatic carbocycles. The van der Waals surface area contributed by atoms with Crippen LogP contribution in [0.15, 0.2) is 67.3 Å². The van der Waals surface area contributed by atoms with Gasteiger partial charge >= 0.3 is 6.18 Å². The van der Waals surface area contributed by atoms with Crippen molar-refractivity contribution in [1.82, 2.24) is 34.2 Å². The molecule has 5 aromatic rings. The number of pyridine rings is 1. The zero-order chi connectivity index (χ0) is 24.6. The van der Waals surface area contributed by atoms with Gasteiger partial charge in [0.2, 0.25) is 5.95 Å². The molecule has 4 heterocycles. The third kappa shape index (κ3) is 4.43. The van der Waals surface area contributed by atoms with E-state index in [1.807, 2.05) is 36.5 Å². The van der Waals surface area contributed by atoms with Crippen molar-refractivity contribution >= 4 is 11.6 Å². The summed E-state index contributed by atoms with van der Waals surface area (Å²) in [6.45, 7) is 0.582. The van der Waals surface area contributed by atoms with Crippen molar-refractivity contribution in [3.63, 3.8) is 0 Å². The van der Waals surface area contributed by atoms with Crippen molar-refractivity contribution in [2.45, 2.75) is 25.2 Å². The minimum atomic E-state index is -4.62. The Labute approximate surface area is 196 Å². The molecule has 12 heteroatoms. The van der Waals surface area contributed by atoms with Crippen LogP contribution in [0, 0.1) is 11.3 Å². The van der Waals surface area contributed by atoms with Gasteiger partial charge in [0.05, 0.1) is 37.1 Å². The largest absolute Gasteiger partial charge is 0.411 e. The minimum Gasteiger partial charge on any atom is -0.366 e. The number of aromatic nitrogens is 7. The van der Waals surface area contributed by atoms with Gasteiger partial charge in [0.1, 0.15) is 0 Å². The standard InChI is InChI=1S/C23H18F3N9/c24-23(25,26)20(6-7-27)34-14-18(11-30-34)19-8-16(9-21-31-22(28)32-35(19)21)17-10-29-33(13-17)12-15-4-2-1-3-5-15/h1-5,8-11,13-14,20H,6,12H2,(H2,28,32). The molecule has 0 aliphatic heterocycles. The molecular formula is C23H18F3N9. The fourth-order valence-electron chi connectivity index (χ4n) is 3.83. The van der Waals surface area contributed by atoms with Crippen molar-refractivity contribution in [3.05, 3.63) is 72.8 Å². The summed E-state index contributed by atoms with van der Waals surface area (Å²) in [6, 6.07) is 12.9. The highest BCUT2D eigenvalue weighted by Crippen LogP contribution is 2.34. The number of hydrogen-bond donors (Lipinski definition) is 1. The number of benzene rings is 1. The highest BCUT2D eigenvalue weighted by atomic mass is 19.4. The summed E-state index contributed by atoms with van der Waals surface area (Å²) in [7, 11) is 0. The zero-order valence-electron chi connectivity index (χ0n) is 18.1. The molecular weight excluding hydrogens is 459 g/mol. The second-order valence-corrected chi connectivity index (χ2v) is 7.91. The number of hydrogen-bond acceptors (Lipinski definition) is 6. The molecule has 0 saturated carbocycles. The first kappa shape index (κ1) is 22.1. The highest BCUT2D eigenvalue weighted by molar-refractivity contribution is 5.74.